The average molecular weight is 754 g/mol. The molecule has 0 saturated carbocycles. The Balaban J connectivity index is 0.000000197. The predicted molar refractivity (Wildman–Crippen MR) is 214 cm³/mol. The van der Waals surface area contributed by atoms with Crippen LogP contribution in [-0.2, 0) is 0 Å². The van der Waals surface area contributed by atoms with Gasteiger partial charge in [-0.3, -0.25) is 18.7 Å². The van der Waals surface area contributed by atoms with Crippen molar-refractivity contribution in [2.75, 3.05) is 38.4 Å². The van der Waals surface area contributed by atoms with E-state index in [1.807, 2.05) is 30.3 Å². The molecule has 0 aliphatic heterocycles. The van der Waals surface area contributed by atoms with Gasteiger partial charge in [0.15, 0.2) is 5.82 Å². The molecule has 0 amide bonds. The minimum atomic E-state index is -0.570. The molecule has 13 nitrogen and oxygen atoms in total. The number of nitrogens with one attached hydrogen (secondary N) is 2. The van der Waals surface area contributed by atoms with Crippen molar-refractivity contribution in [3.05, 3.63) is 113 Å². The van der Waals surface area contributed by atoms with Gasteiger partial charge in [-0.15, -0.1) is 29.3 Å². The number of benzene rings is 2. The summed E-state index contributed by atoms with van der Waals surface area (Å²) in [5.74, 6) is 1.13. The van der Waals surface area contributed by atoms with Crippen molar-refractivity contribution >= 4 is 75.0 Å². The molecule has 53 heavy (non-hydrogen) atoms. The van der Waals surface area contributed by atoms with Crippen molar-refractivity contribution in [1.29, 1.82) is 0 Å². The fourth-order valence-electron chi connectivity index (χ4n) is 5.44. The van der Waals surface area contributed by atoms with Crippen LogP contribution in [0.25, 0.3) is 52.2 Å². The number of fused-ring (bicyclic) bond motifs is 6. The number of aromatic nitrogens is 7. The Morgan fingerprint density at radius 3 is 2.08 bits per heavy atom. The van der Waals surface area contributed by atoms with Crippen LogP contribution in [0, 0.1) is 5.82 Å². The monoisotopic (exact) mass is 753 g/mol. The second-order valence-corrected chi connectivity index (χ2v) is 12.8. The molecule has 8 aromatic rings. The van der Waals surface area contributed by atoms with Crippen LogP contribution >= 0.6 is 22.7 Å². The number of hydrogen-bond donors (Lipinski definition) is 2. The van der Waals surface area contributed by atoms with Crippen LogP contribution in [-0.4, -0.2) is 61.9 Å². The molecule has 8 rings (SSSR count). The third-order valence-corrected chi connectivity index (χ3v) is 10.0. The fraction of sp³-hybridized carbons (Fsp3) is 0.162. The number of anilines is 2. The first-order valence-electron chi connectivity index (χ1n) is 15.3. The highest BCUT2D eigenvalue weighted by atomic mass is 32.1. The summed E-state index contributed by atoms with van der Waals surface area (Å²) in [5.41, 5.74) is 2.44. The molecule has 0 aliphatic rings. The smallest absolute Gasteiger partial charge is 0.276 e. The molecule has 0 unspecified atom stereocenters. The fourth-order valence-corrected chi connectivity index (χ4v) is 7.52. The van der Waals surface area contributed by atoms with Gasteiger partial charge < -0.3 is 20.1 Å². The minimum absolute atomic E-state index is 0. The lowest BCUT2D eigenvalue weighted by Gasteiger charge is -2.08. The zero-order valence-electron chi connectivity index (χ0n) is 27.4. The SMILES string of the molecule is C.C.C=CCNc1ccnc2sc3c(=O)n(-c4ccc(OC)cc4)cnc3c12.CNc1ncnc2sc3c(=O)n(-c4ccc(OC)cc4F)cnc3c12. The molecule has 0 spiro atoms. The van der Waals surface area contributed by atoms with E-state index in [9.17, 15) is 14.0 Å². The number of methoxy groups -OCH3 is 2. The lowest BCUT2D eigenvalue weighted by atomic mass is 10.2. The summed E-state index contributed by atoms with van der Waals surface area (Å²) in [6.07, 6.45) is 7.80. The lowest BCUT2D eigenvalue weighted by Crippen LogP contribution is -2.18. The first kappa shape index (κ1) is 38.0. The van der Waals surface area contributed by atoms with Gasteiger partial charge in [0.25, 0.3) is 11.1 Å². The van der Waals surface area contributed by atoms with Crippen LogP contribution in [0.3, 0.4) is 0 Å². The molecule has 6 aromatic heterocycles. The molecule has 0 fully saturated rings. The molecule has 0 bridgehead atoms. The molecule has 2 aromatic carbocycles. The quantitative estimate of drug-likeness (QED) is 0.149. The van der Waals surface area contributed by atoms with Gasteiger partial charge in [0, 0.05) is 31.5 Å². The van der Waals surface area contributed by atoms with Crippen LogP contribution < -0.4 is 31.2 Å². The Labute approximate surface area is 311 Å². The molecule has 6 heterocycles. The third kappa shape index (κ3) is 6.88. The van der Waals surface area contributed by atoms with E-state index in [-0.39, 0.29) is 31.7 Å². The number of ether oxygens (including phenoxy) is 2. The van der Waals surface area contributed by atoms with Gasteiger partial charge in [-0.1, -0.05) is 20.9 Å². The van der Waals surface area contributed by atoms with E-state index in [0.717, 1.165) is 27.3 Å². The lowest BCUT2D eigenvalue weighted by molar-refractivity contribution is 0.411. The Morgan fingerprint density at radius 2 is 1.43 bits per heavy atom. The molecule has 16 heteroatoms. The number of halogens is 1. The van der Waals surface area contributed by atoms with Crippen LogP contribution in [0.2, 0.25) is 0 Å². The van der Waals surface area contributed by atoms with E-state index >= 15 is 0 Å². The summed E-state index contributed by atoms with van der Waals surface area (Å²) >= 11 is 2.56. The zero-order valence-corrected chi connectivity index (χ0v) is 29.0. The van der Waals surface area contributed by atoms with Gasteiger partial charge in [-0.05, 0) is 42.5 Å². The van der Waals surface area contributed by atoms with Gasteiger partial charge in [0.1, 0.15) is 60.9 Å². The number of pyridine rings is 1. The topological polar surface area (TPSA) is 151 Å². The molecular formula is C37H36FN9O4S2. The van der Waals surface area contributed by atoms with Gasteiger partial charge >= 0.3 is 0 Å². The molecule has 0 atom stereocenters. The van der Waals surface area contributed by atoms with E-state index in [0.29, 0.717) is 48.8 Å². The van der Waals surface area contributed by atoms with Crippen LogP contribution in [0.15, 0.2) is 96.0 Å². The highest BCUT2D eigenvalue weighted by Gasteiger charge is 2.19. The maximum Gasteiger partial charge on any atom is 0.276 e. The van der Waals surface area contributed by atoms with Crippen molar-refractivity contribution in [3.8, 4) is 22.9 Å². The summed E-state index contributed by atoms with van der Waals surface area (Å²) in [7, 11) is 4.79. The van der Waals surface area contributed by atoms with E-state index in [4.69, 9.17) is 9.47 Å². The van der Waals surface area contributed by atoms with Crippen LogP contribution in [0.4, 0.5) is 15.9 Å². The first-order chi connectivity index (χ1) is 24.9. The highest BCUT2D eigenvalue weighted by Crippen LogP contribution is 2.35. The second-order valence-electron chi connectivity index (χ2n) is 10.8. The molecule has 0 aliphatic carbocycles. The van der Waals surface area contributed by atoms with Crippen molar-refractivity contribution in [2.45, 2.75) is 14.9 Å². The standard InChI is InChI=1S/C19H16N4O2S.C16H12FN5O2S.2CH4/c1-3-9-20-14-8-10-21-18-15(14)16-17(26-18)19(24)23(11-22-16)12-4-6-13(25-2)7-5-12;1-18-14-11-12-13(25-15(11)20-6-19-14)16(23)22(7-21-12)10-4-3-8(24-2)5-9(10)17;;/h3-8,10-11H,1,9H2,2H3,(H,20,21);3-7H,1-2H3,(H,18,19,20);2*1H4. The normalized spacial score (nSPS) is 10.6. The Bertz CT molecular complexity index is 2710. The number of hydrogen-bond acceptors (Lipinski definition) is 13. The van der Waals surface area contributed by atoms with E-state index in [2.05, 4.69) is 42.1 Å². The molecule has 0 saturated heterocycles. The maximum absolute atomic E-state index is 14.3. The van der Waals surface area contributed by atoms with Crippen LogP contribution in [0.1, 0.15) is 14.9 Å². The van der Waals surface area contributed by atoms with E-state index < -0.39 is 5.82 Å². The second kappa shape index (κ2) is 16.0. The van der Waals surface area contributed by atoms with Crippen molar-refractivity contribution < 1.29 is 13.9 Å². The summed E-state index contributed by atoms with van der Waals surface area (Å²) < 4.78 is 28.2. The summed E-state index contributed by atoms with van der Waals surface area (Å²) in [6.45, 7) is 4.35. The van der Waals surface area contributed by atoms with E-state index in [1.165, 1.54) is 63.7 Å². The Morgan fingerprint density at radius 1 is 0.811 bits per heavy atom. The van der Waals surface area contributed by atoms with Gasteiger partial charge in [0.05, 0.1) is 41.9 Å². The van der Waals surface area contributed by atoms with E-state index in [1.54, 1.807) is 38.8 Å². The zero-order chi connectivity index (χ0) is 35.6. The first-order valence-corrected chi connectivity index (χ1v) is 16.9. The van der Waals surface area contributed by atoms with Crippen molar-refractivity contribution in [2.24, 2.45) is 0 Å². The minimum Gasteiger partial charge on any atom is -0.497 e. The number of rotatable bonds is 8. The summed E-state index contributed by atoms with van der Waals surface area (Å²) in [6, 6.07) is 13.5. The number of thiophene rings is 2. The van der Waals surface area contributed by atoms with Gasteiger partial charge in [-0.25, -0.2) is 29.3 Å². The third-order valence-electron chi connectivity index (χ3n) is 7.90. The number of nitrogens with zero attached hydrogens (tertiary/aromatic N) is 7. The van der Waals surface area contributed by atoms with Crippen LogP contribution in [0.5, 0.6) is 11.5 Å². The highest BCUT2D eigenvalue weighted by molar-refractivity contribution is 7.25. The molecule has 0 radical (unpaired) electrons. The molecular weight excluding hydrogens is 718 g/mol. The van der Waals surface area contributed by atoms with Crippen molar-refractivity contribution in [3.63, 3.8) is 0 Å². The largest absolute Gasteiger partial charge is 0.497 e. The average Bonchev–Trinajstić information content (AvgIpc) is 3.75. The summed E-state index contributed by atoms with van der Waals surface area (Å²) in [4.78, 5) is 49.0. The Kier molecular flexibility index (Phi) is 11.4. The van der Waals surface area contributed by atoms with Gasteiger partial charge in [0.2, 0.25) is 0 Å². The van der Waals surface area contributed by atoms with Gasteiger partial charge in [-0.2, -0.15) is 0 Å². The predicted octanol–water partition coefficient (Wildman–Crippen LogP) is 7.45. The maximum atomic E-state index is 14.3. The Hall–Kier alpha value is -6.26. The molecule has 272 valence electrons. The molecule has 2 N–H and O–H groups in total. The summed E-state index contributed by atoms with van der Waals surface area (Å²) in [5, 5.41) is 7.80. The van der Waals surface area contributed by atoms with Crippen molar-refractivity contribution in [1.82, 2.24) is 34.1 Å².